The fourth-order valence-corrected chi connectivity index (χ4v) is 2.81. The van der Waals surface area contributed by atoms with Crippen molar-refractivity contribution >= 4 is 17.3 Å². The molecule has 1 aromatic rings. The Labute approximate surface area is 122 Å². The summed E-state index contributed by atoms with van der Waals surface area (Å²) in [5.41, 5.74) is 2.13. The van der Waals surface area contributed by atoms with Crippen molar-refractivity contribution in [2.24, 2.45) is 5.92 Å². The number of carbonyl (C=O) groups excluding carboxylic acids is 1. The lowest BCUT2D eigenvalue weighted by Crippen LogP contribution is -2.31. The molecule has 1 aliphatic rings. The Morgan fingerprint density at radius 3 is 2.65 bits per heavy atom. The van der Waals surface area contributed by atoms with Crippen LogP contribution in [0.4, 0.5) is 11.4 Å². The first-order valence-corrected chi connectivity index (χ1v) is 7.87. The SMILES string of the molecule is CCCC(C)C(=O)Nc1ccccc1N1CCCCC1. The molecule has 0 bridgehead atoms. The molecule has 1 fully saturated rings. The second-order valence-electron chi connectivity index (χ2n) is 5.74. The third-order valence-electron chi connectivity index (χ3n) is 4.03. The van der Waals surface area contributed by atoms with E-state index in [1.54, 1.807) is 0 Å². The molecule has 1 unspecified atom stereocenters. The van der Waals surface area contributed by atoms with Crippen molar-refractivity contribution in [2.75, 3.05) is 23.3 Å². The number of amides is 1. The molecule has 1 atom stereocenters. The number of carbonyl (C=O) groups is 1. The molecule has 3 heteroatoms. The van der Waals surface area contributed by atoms with Crippen LogP contribution in [0.3, 0.4) is 0 Å². The largest absolute Gasteiger partial charge is 0.370 e. The zero-order valence-corrected chi connectivity index (χ0v) is 12.7. The molecule has 0 saturated carbocycles. The summed E-state index contributed by atoms with van der Waals surface area (Å²) < 4.78 is 0. The van der Waals surface area contributed by atoms with Crippen LogP contribution in [-0.4, -0.2) is 19.0 Å². The summed E-state index contributed by atoms with van der Waals surface area (Å²) >= 11 is 0. The van der Waals surface area contributed by atoms with Gasteiger partial charge in [-0.1, -0.05) is 32.4 Å². The number of benzene rings is 1. The summed E-state index contributed by atoms with van der Waals surface area (Å²) in [4.78, 5) is 14.6. The zero-order chi connectivity index (χ0) is 14.4. The predicted molar refractivity (Wildman–Crippen MR) is 85.2 cm³/mol. The molecule has 0 spiro atoms. The Morgan fingerprint density at radius 1 is 1.25 bits per heavy atom. The van der Waals surface area contributed by atoms with E-state index < -0.39 is 0 Å². The maximum atomic E-state index is 12.2. The fraction of sp³-hybridized carbons (Fsp3) is 0.588. The third-order valence-corrected chi connectivity index (χ3v) is 4.03. The average molecular weight is 274 g/mol. The lowest BCUT2D eigenvalue weighted by molar-refractivity contribution is -0.119. The minimum atomic E-state index is 0.0782. The van der Waals surface area contributed by atoms with Crippen molar-refractivity contribution in [3.63, 3.8) is 0 Å². The zero-order valence-electron chi connectivity index (χ0n) is 12.7. The van der Waals surface area contributed by atoms with Crippen molar-refractivity contribution in [1.82, 2.24) is 0 Å². The molecule has 1 saturated heterocycles. The fourth-order valence-electron chi connectivity index (χ4n) is 2.81. The highest BCUT2D eigenvalue weighted by Crippen LogP contribution is 2.28. The molecule has 0 aromatic heterocycles. The van der Waals surface area contributed by atoms with E-state index in [0.717, 1.165) is 31.6 Å². The van der Waals surface area contributed by atoms with Crippen LogP contribution in [0.15, 0.2) is 24.3 Å². The van der Waals surface area contributed by atoms with Crippen molar-refractivity contribution in [3.05, 3.63) is 24.3 Å². The molecular formula is C17H26N2O. The minimum absolute atomic E-state index is 0.0782. The van der Waals surface area contributed by atoms with Crippen LogP contribution in [0, 0.1) is 5.92 Å². The van der Waals surface area contributed by atoms with E-state index in [0.29, 0.717) is 0 Å². The van der Waals surface area contributed by atoms with E-state index in [9.17, 15) is 4.79 Å². The normalized spacial score (nSPS) is 16.8. The molecule has 110 valence electrons. The molecule has 20 heavy (non-hydrogen) atoms. The summed E-state index contributed by atoms with van der Waals surface area (Å²) in [6.07, 6.45) is 5.79. The molecule has 0 radical (unpaired) electrons. The Bertz CT molecular complexity index is 438. The van der Waals surface area contributed by atoms with Crippen LogP contribution in [0.1, 0.15) is 46.0 Å². The monoisotopic (exact) mass is 274 g/mol. The van der Waals surface area contributed by atoms with Crippen LogP contribution in [0.5, 0.6) is 0 Å². The summed E-state index contributed by atoms with van der Waals surface area (Å²) in [5, 5.41) is 3.11. The lowest BCUT2D eigenvalue weighted by atomic mass is 10.0. The predicted octanol–water partition coefficient (Wildman–Crippen LogP) is 4.05. The van der Waals surface area contributed by atoms with Gasteiger partial charge < -0.3 is 10.2 Å². The maximum Gasteiger partial charge on any atom is 0.227 e. The number of rotatable bonds is 5. The highest BCUT2D eigenvalue weighted by Gasteiger charge is 2.17. The summed E-state index contributed by atoms with van der Waals surface area (Å²) in [6.45, 7) is 6.31. The van der Waals surface area contributed by atoms with Crippen molar-refractivity contribution in [2.45, 2.75) is 46.0 Å². The van der Waals surface area contributed by atoms with Gasteiger partial charge in [-0.25, -0.2) is 0 Å². The Kier molecular flexibility index (Phi) is 5.45. The van der Waals surface area contributed by atoms with Gasteiger partial charge in [0.15, 0.2) is 0 Å². The van der Waals surface area contributed by atoms with Gasteiger partial charge in [-0.05, 0) is 37.8 Å². The van der Waals surface area contributed by atoms with Gasteiger partial charge in [0.1, 0.15) is 0 Å². The molecule has 1 aromatic carbocycles. The first-order valence-electron chi connectivity index (χ1n) is 7.87. The lowest BCUT2D eigenvalue weighted by Gasteiger charge is -2.30. The van der Waals surface area contributed by atoms with Gasteiger partial charge in [0.2, 0.25) is 5.91 Å². The van der Waals surface area contributed by atoms with E-state index >= 15 is 0 Å². The second-order valence-corrected chi connectivity index (χ2v) is 5.74. The number of anilines is 2. The Balaban J connectivity index is 2.09. The molecule has 1 amide bonds. The topological polar surface area (TPSA) is 32.3 Å². The first kappa shape index (κ1) is 14.9. The van der Waals surface area contributed by atoms with Crippen LogP contribution in [-0.2, 0) is 4.79 Å². The van der Waals surface area contributed by atoms with Gasteiger partial charge in [-0.3, -0.25) is 4.79 Å². The van der Waals surface area contributed by atoms with E-state index in [1.807, 2.05) is 19.1 Å². The minimum Gasteiger partial charge on any atom is -0.370 e. The second kappa shape index (κ2) is 7.32. The van der Waals surface area contributed by atoms with Crippen molar-refractivity contribution in [3.8, 4) is 0 Å². The number of piperidine rings is 1. The summed E-state index contributed by atoms with van der Waals surface area (Å²) in [5.74, 6) is 0.214. The quantitative estimate of drug-likeness (QED) is 0.878. The molecule has 1 heterocycles. The highest BCUT2D eigenvalue weighted by atomic mass is 16.1. The number of nitrogens with one attached hydrogen (secondary N) is 1. The summed E-state index contributed by atoms with van der Waals surface area (Å²) in [7, 11) is 0. The van der Waals surface area contributed by atoms with Gasteiger partial charge >= 0.3 is 0 Å². The van der Waals surface area contributed by atoms with Crippen LogP contribution in [0.25, 0.3) is 0 Å². The van der Waals surface area contributed by atoms with E-state index in [-0.39, 0.29) is 11.8 Å². The van der Waals surface area contributed by atoms with Crippen LogP contribution >= 0.6 is 0 Å². The van der Waals surface area contributed by atoms with E-state index in [2.05, 4.69) is 29.3 Å². The molecule has 0 aliphatic carbocycles. The van der Waals surface area contributed by atoms with Gasteiger partial charge in [0, 0.05) is 19.0 Å². The standard InChI is InChI=1S/C17H26N2O/c1-3-9-14(2)17(20)18-15-10-5-6-11-16(15)19-12-7-4-8-13-19/h5-6,10-11,14H,3-4,7-9,12-13H2,1-2H3,(H,18,20). The number of hydrogen-bond acceptors (Lipinski definition) is 2. The number of para-hydroxylation sites is 2. The number of nitrogens with zero attached hydrogens (tertiary/aromatic N) is 1. The van der Waals surface area contributed by atoms with Gasteiger partial charge in [0.05, 0.1) is 11.4 Å². The number of hydrogen-bond donors (Lipinski definition) is 1. The van der Waals surface area contributed by atoms with E-state index in [4.69, 9.17) is 0 Å². The van der Waals surface area contributed by atoms with Crippen LogP contribution < -0.4 is 10.2 Å². The van der Waals surface area contributed by atoms with Gasteiger partial charge in [0.25, 0.3) is 0 Å². The third kappa shape index (κ3) is 3.75. The molecule has 2 rings (SSSR count). The highest BCUT2D eigenvalue weighted by molar-refractivity contribution is 5.95. The first-order chi connectivity index (χ1) is 9.72. The smallest absolute Gasteiger partial charge is 0.227 e. The van der Waals surface area contributed by atoms with Gasteiger partial charge in [-0.15, -0.1) is 0 Å². The summed E-state index contributed by atoms with van der Waals surface area (Å²) in [6, 6.07) is 8.18. The van der Waals surface area contributed by atoms with Gasteiger partial charge in [-0.2, -0.15) is 0 Å². The van der Waals surface area contributed by atoms with Crippen molar-refractivity contribution < 1.29 is 4.79 Å². The maximum absolute atomic E-state index is 12.2. The molecule has 3 nitrogen and oxygen atoms in total. The average Bonchev–Trinajstić information content (AvgIpc) is 2.49. The van der Waals surface area contributed by atoms with Crippen LogP contribution in [0.2, 0.25) is 0 Å². The molecular weight excluding hydrogens is 248 g/mol. The molecule has 1 aliphatic heterocycles. The Hall–Kier alpha value is -1.51. The van der Waals surface area contributed by atoms with E-state index in [1.165, 1.54) is 24.9 Å². The molecule has 1 N–H and O–H groups in total. The van der Waals surface area contributed by atoms with Crippen molar-refractivity contribution in [1.29, 1.82) is 0 Å². The Morgan fingerprint density at radius 2 is 1.95 bits per heavy atom.